The lowest BCUT2D eigenvalue weighted by molar-refractivity contribution is 0.219. The fraction of sp³-hybridized carbons (Fsp3) is 0.500. The van der Waals surface area contributed by atoms with Gasteiger partial charge in [0.15, 0.2) is 0 Å². The van der Waals surface area contributed by atoms with E-state index < -0.39 is 0 Å². The van der Waals surface area contributed by atoms with Crippen molar-refractivity contribution in [2.45, 2.75) is 39.8 Å². The summed E-state index contributed by atoms with van der Waals surface area (Å²) in [6.45, 7) is 13.3. The van der Waals surface area contributed by atoms with Crippen LogP contribution in [-0.4, -0.2) is 49.1 Å². The van der Waals surface area contributed by atoms with Gasteiger partial charge in [-0.2, -0.15) is 0 Å². The van der Waals surface area contributed by atoms with E-state index >= 15 is 0 Å². The van der Waals surface area contributed by atoms with Gasteiger partial charge < -0.3 is 10.2 Å². The van der Waals surface area contributed by atoms with E-state index in [4.69, 9.17) is 0 Å². The van der Waals surface area contributed by atoms with Crippen LogP contribution in [0.4, 0.5) is 0 Å². The first kappa shape index (κ1) is 21.6. The van der Waals surface area contributed by atoms with Gasteiger partial charge in [0.2, 0.25) is 0 Å². The fourth-order valence-corrected chi connectivity index (χ4v) is 3.45. The Hall–Kier alpha value is -1.68. The molecule has 0 fully saturated rings. The second-order valence-corrected chi connectivity index (χ2v) is 7.18. The highest BCUT2D eigenvalue weighted by molar-refractivity contribution is 5.17. The maximum absolute atomic E-state index is 3.42. The van der Waals surface area contributed by atoms with Crippen molar-refractivity contribution in [1.29, 1.82) is 0 Å². The first-order valence-electron chi connectivity index (χ1n) is 10.5. The van der Waals surface area contributed by atoms with Crippen molar-refractivity contribution in [1.82, 2.24) is 15.1 Å². The Balaban J connectivity index is 1.83. The minimum absolute atomic E-state index is 1.02. The average molecular weight is 368 g/mol. The minimum Gasteiger partial charge on any atom is -0.317 e. The molecule has 0 aliphatic carbocycles. The lowest BCUT2D eigenvalue weighted by Gasteiger charge is -2.25. The van der Waals surface area contributed by atoms with Crippen LogP contribution in [0.5, 0.6) is 0 Å². The van der Waals surface area contributed by atoms with Gasteiger partial charge in [0.25, 0.3) is 0 Å². The van der Waals surface area contributed by atoms with Gasteiger partial charge in [0.1, 0.15) is 0 Å². The molecule has 0 saturated carbocycles. The molecule has 0 spiro atoms. The lowest BCUT2D eigenvalue weighted by Crippen LogP contribution is -2.31. The zero-order valence-electron chi connectivity index (χ0n) is 17.2. The molecule has 0 aliphatic heterocycles. The van der Waals surface area contributed by atoms with Gasteiger partial charge in [0.05, 0.1) is 0 Å². The molecule has 2 rings (SSSR count). The van der Waals surface area contributed by atoms with Crippen LogP contribution < -0.4 is 5.32 Å². The molecular weight excluding hydrogens is 330 g/mol. The molecular formula is C24H37N3. The summed E-state index contributed by atoms with van der Waals surface area (Å²) >= 11 is 0. The van der Waals surface area contributed by atoms with Crippen LogP contribution in [-0.2, 0) is 13.1 Å². The van der Waals surface area contributed by atoms with E-state index in [1.54, 1.807) is 0 Å². The van der Waals surface area contributed by atoms with Crippen LogP contribution in [0.25, 0.3) is 0 Å². The van der Waals surface area contributed by atoms with Crippen molar-refractivity contribution in [2.24, 2.45) is 0 Å². The highest BCUT2D eigenvalue weighted by Crippen LogP contribution is 2.11. The summed E-state index contributed by atoms with van der Waals surface area (Å²) in [4.78, 5) is 5.16. The summed E-state index contributed by atoms with van der Waals surface area (Å²) in [6, 6.07) is 21.7. The van der Waals surface area contributed by atoms with Crippen molar-refractivity contribution < 1.29 is 0 Å². The van der Waals surface area contributed by atoms with Gasteiger partial charge in [-0.1, -0.05) is 74.5 Å². The zero-order valence-corrected chi connectivity index (χ0v) is 17.2. The number of benzene rings is 2. The zero-order chi connectivity index (χ0) is 19.2. The number of hydrogen-bond donors (Lipinski definition) is 1. The Kier molecular flexibility index (Phi) is 10.8. The molecule has 3 nitrogen and oxygen atoms in total. The molecule has 27 heavy (non-hydrogen) atoms. The van der Waals surface area contributed by atoms with Gasteiger partial charge in [-0.3, -0.25) is 4.90 Å². The van der Waals surface area contributed by atoms with Crippen LogP contribution in [0.1, 0.15) is 37.8 Å². The summed E-state index contributed by atoms with van der Waals surface area (Å²) in [5.41, 5.74) is 2.79. The normalized spacial score (nSPS) is 11.4. The molecule has 0 unspecified atom stereocenters. The fourth-order valence-electron chi connectivity index (χ4n) is 3.45. The molecule has 1 N–H and O–H groups in total. The predicted octanol–water partition coefficient (Wildman–Crippen LogP) is 4.40. The Morgan fingerprint density at radius 3 is 1.70 bits per heavy atom. The second kappa shape index (κ2) is 13.5. The average Bonchev–Trinajstić information content (AvgIpc) is 2.71. The van der Waals surface area contributed by atoms with Crippen molar-refractivity contribution >= 4 is 0 Å². The number of hydrogen-bond acceptors (Lipinski definition) is 3. The smallest absolute Gasteiger partial charge is 0.0237 e. The molecule has 0 radical (unpaired) electrons. The molecule has 0 heterocycles. The number of nitrogens with one attached hydrogen (secondary N) is 1. The summed E-state index contributed by atoms with van der Waals surface area (Å²) in [5, 5.41) is 3.42. The molecule has 148 valence electrons. The van der Waals surface area contributed by atoms with E-state index in [9.17, 15) is 0 Å². The highest BCUT2D eigenvalue weighted by Gasteiger charge is 2.09. The topological polar surface area (TPSA) is 18.5 Å². The van der Waals surface area contributed by atoms with Crippen LogP contribution in [0.2, 0.25) is 0 Å². The standard InChI is InChI=1S/C24H37N3/c1-3-25-17-11-18-26(4-2)19-12-20-27(21-23-13-7-5-8-14-23)22-24-15-9-6-10-16-24/h5-10,13-16,25H,3-4,11-12,17-22H2,1-2H3. The SMILES string of the molecule is CCNCCCN(CC)CCCN(Cc1ccccc1)Cc1ccccc1. The molecule has 3 heteroatoms. The van der Waals surface area contributed by atoms with Gasteiger partial charge in [-0.05, 0) is 56.7 Å². The van der Waals surface area contributed by atoms with E-state index in [-0.39, 0.29) is 0 Å². The van der Waals surface area contributed by atoms with Crippen molar-refractivity contribution in [3.63, 3.8) is 0 Å². The first-order chi connectivity index (χ1) is 13.3. The summed E-state index contributed by atoms with van der Waals surface area (Å²) in [6.07, 6.45) is 2.45. The summed E-state index contributed by atoms with van der Waals surface area (Å²) in [7, 11) is 0. The van der Waals surface area contributed by atoms with Crippen LogP contribution in [0, 0.1) is 0 Å². The third kappa shape index (κ3) is 9.18. The first-order valence-corrected chi connectivity index (χ1v) is 10.5. The van der Waals surface area contributed by atoms with E-state index in [0.717, 1.165) is 39.3 Å². The van der Waals surface area contributed by atoms with Crippen LogP contribution in [0.3, 0.4) is 0 Å². The Morgan fingerprint density at radius 1 is 0.667 bits per heavy atom. The minimum atomic E-state index is 1.02. The Labute approximate surface area is 166 Å². The monoisotopic (exact) mass is 367 g/mol. The van der Waals surface area contributed by atoms with Gasteiger partial charge >= 0.3 is 0 Å². The van der Waals surface area contributed by atoms with E-state index in [1.165, 1.54) is 37.1 Å². The van der Waals surface area contributed by atoms with Gasteiger partial charge in [0, 0.05) is 19.6 Å². The van der Waals surface area contributed by atoms with Gasteiger partial charge in [-0.15, -0.1) is 0 Å². The lowest BCUT2D eigenvalue weighted by atomic mass is 10.1. The third-order valence-electron chi connectivity index (χ3n) is 4.97. The van der Waals surface area contributed by atoms with Gasteiger partial charge in [-0.25, -0.2) is 0 Å². The molecule has 2 aromatic carbocycles. The Bertz CT molecular complexity index is 544. The molecule has 0 aliphatic rings. The molecule has 0 atom stereocenters. The molecule has 0 bridgehead atoms. The Morgan fingerprint density at radius 2 is 1.19 bits per heavy atom. The number of rotatable bonds is 14. The third-order valence-corrected chi connectivity index (χ3v) is 4.97. The molecule has 0 amide bonds. The van der Waals surface area contributed by atoms with Crippen molar-refractivity contribution in [2.75, 3.05) is 39.3 Å². The summed E-state index contributed by atoms with van der Waals surface area (Å²) in [5.74, 6) is 0. The summed E-state index contributed by atoms with van der Waals surface area (Å²) < 4.78 is 0. The molecule has 2 aromatic rings. The maximum atomic E-state index is 3.42. The van der Waals surface area contributed by atoms with Crippen LogP contribution >= 0.6 is 0 Å². The maximum Gasteiger partial charge on any atom is 0.0237 e. The van der Waals surface area contributed by atoms with E-state index in [2.05, 4.69) is 89.6 Å². The van der Waals surface area contributed by atoms with Crippen LogP contribution in [0.15, 0.2) is 60.7 Å². The number of nitrogens with zero attached hydrogens (tertiary/aromatic N) is 2. The van der Waals surface area contributed by atoms with Crippen molar-refractivity contribution in [3.05, 3.63) is 71.8 Å². The van der Waals surface area contributed by atoms with E-state index in [1.807, 2.05) is 0 Å². The molecule has 0 aromatic heterocycles. The predicted molar refractivity (Wildman–Crippen MR) is 117 cm³/mol. The quantitative estimate of drug-likeness (QED) is 0.499. The highest BCUT2D eigenvalue weighted by atomic mass is 15.1. The van der Waals surface area contributed by atoms with Crippen molar-refractivity contribution in [3.8, 4) is 0 Å². The van der Waals surface area contributed by atoms with E-state index in [0.29, 0.717) is 0 Å². The molecule has 0 saturated heterocycles. The largest absolute Gasteiger partial charge is 0.317 e. The second-order valence-electron chi connectivity index (χ2n) is 7.18.